The van der Waals surface area contributed by atoms with E-state index in [2.05, 4.69) is 42.3 Å². The Bertz CT molecular complexity index is 743. The number of rotatable bonds is 5. The predicted molar refractivity (Wildman–Crippen MR) is 94.9 cm³/mol. The van der Waals surface area contributed by atoms with Crippen LogP contribution in [0, 0.1) is 0 Å². The van der Waals surface area contributed by atoms with Crippen molar-refractivity contribution in [1.29, 1.82) is 0 Å². The van der Waals surface area contributed by atoms with Gasteiger partial charge in [0.25, 0.3) is 0 Å². The largest absolute Gasteiger partial charge is 0.353 e. The highest BCUT2D eigenvalue weighted by Crippen LogP contribution is 2.17. The van der Waals surface area contributed by atoms with Crippen molar-refractivity contribution in [3.05, 3.63) is 48.4 Å². The molecule has 1 aliphatic heterocycles. The summed E-state index contributed by atoms with van der Waals surface area (Å²) in [4.78, 5) is 19.0. The number of anilines is 1. The molecule has 4 rings (SSSR count). The summed E-state index contributed by atoms with van der Waals surface area (Å²) in [6.45, 7) is 3.31. The molecular formula is C18H22N6. The SMILES string of the molecule is c1ccc(CCN2CCC(Nc3nc4ncccc4[nH]3)CC2)nc1. The third-order valence-electron chi connectivity index (χ3n) is 4.60. The second-order valence-electron chi connectivity index (χ2n) is 6.29. The van der Waals surface area contributed by atoms with Gasteiger partial charge in [0.15, 0.2) is 5.65 Å². The number of aromatic nitrogens is 4. The molecule has 1 fully saturated rings. The Hall–Kier alpha value is -2.47. The van der Waals surface area contributed by atoms with E-state index in [9.17, 15) is 0 Å². The maximum Gasteiger partial charge on any atom is 0.202 e. The summed E-state index contributed by atoms with van der Waals surface area (Å²) in [5.74, 6) is 0.829. The number of imidazole rings is 1. The molecule has 3 aromatic rings. The highest BCUT2D eigenvalue weighted by atomic mass is 15.2. The van der Waals surface area contributed by atoms with Gasteiger partial charge >= 0.3 is 0 Å². The summed E-state index contributed by atoms with van der Waals surface area (Å²) in [5.41, 5.74) is 2.92. The van der Waals surface area contributed by atoms with Gasteiger partial charge < -0.3 is 15.2 Å². The quantitative estimate of drug-likeness (QED) is 0.755. The van der Waals surface area contributed by atoms with Crippen LogP contribution in [0.2, 0.25) is 0 Å². The Morgan fingerprint density at radius 2 is 1.96 bits per heavy atom. The smallest absolute Gasteiger partial charge is 0.202 e. The molecule has 4 heterocycles. The minimum atomic E-state index is 0.469. The number of nitrogens with one attached hydrogen (secondary N) is 2. The molecule has 0 radical (unpaired) electrons. The first kappa shape index (κ1) is 15.1. The van der Waals surface area contributed by atoms with Gasteiger partial charge in [0.1, 0.15) is 0 Å². The van der Waals surface area contributed by atoms with E-state index >= 15 is 0 Å². The average molecular weight is 322 g/mol. The summed E-state index contributed by atoms with van der Waals surface area (Å²) in [6.07, 6.45) is 6.92. The van der Waals surface area contributed by atoms with Gasteiger partial charge in [-0.05, 0) is 37.1 Å². The Labute approximate surface area is 141 Å². The highest BCUT2D eigenvalue weighted by Gasteiger charge is 2.19. The molecule has 0 aromatic carbocycles. The van der Waals surface area contributed by atoms with Gasteiger partial charge in [-0.15, -0.1) is 0 Å². The molecule has 6 nitrogen and oxygen atoms in total. The van der Waals surface area contributed by atoms with Crippen LogP contribution >= 0.6 is 0 Å². The summed E-state index contributed by atoms with van der Waals surface area (Å²) >= 11 is 0. The van der Waals surface area contributed by atoms with Crippen LogP contribution in [0.1, 0.15) is 18.5 Å². The van der Waals surface area contributed by atoms with Gasteiger partial charge in [-0.25, -0.2) is 4.98 Å². The van der Waals surface area contributed by atoms with Crippen LogP contribution in [0.3, 0.4) is 0 Å². The zero-order valence-electron chi connectivity index (χ0n) is 13.7. The first-order chi connectivity index (χ1) is 11.9. The maximum absolute atomic E-state index is 4.50. The van der Waals surface area contributed by atoms with E-state index in [1.54, 1.807) is 6.20 Å². The van der Waals surface area contributed by atoms with Gasteiger partial charge in [0.05, 0.1) is 5.52 Å². The summed E-state index contributed by atoms with van der Waals surface area (Å²) < 4.78 is 0. The van der Waals surface area contributed by atoms with E-state index in [4.69, 9.17) is 0 Å². The van der Waals surface area contributed by atoms with E-state index in [0.29, 0.717) is 6.04 Å². The average Bonchev–Trinajstić information content (AvgIpc) is 3.04. The minimum Gasteiger partial charge on any atom is -0.353 e. The summed E-state index contributed by atoms with van der Waals surface area (Å²) in [7, 11) is 0. The van der Waals surface area contributed by atoms with Gasteiger partial charge in [-0.1, -0.05) is 6.07 Å². The van der Waals surface area contributed by atoms with Crippen molar-refractivity contribution in [2.24, 2.45) is 0 Å². The number of hydrogen-bond donors (Lipinski definition) is 2. The van der Waals surface area contributed by atoms with E-state index in [0.717, 1.165) is 56.0 Å². The van der Waals surface area contributed by atoms with Crippen molar-refractivity contribution in [3.63, 3.8) is 0 Å². The monoisotopic (exact) mass is 322 g/mol. The first-order valence-electron chi connectivity index (χ1n) is 8.56. The zero-order chi connectivity index (χ0) is 16.2. The number of nitrogens with zero attached hydrogens (tertiary/aromatic N) is 4. The van der Waals surface area contributed by atoms with Crippen molar-refractivity contribution in [1.82, 2.24) is 24.8 Å². The number of piperidine rings is 1. The van der Waals surface area contributed by atoms with Gasteiger partial charge in [-0.3, -0.25) is 4.98 Å². The number of hydrogen-bond acceptors (Lipinski definition) is 5. The summed E-state index contributed by atoms with van der Waals surface area (Å²) in [6, 6.07) is 10.5. The van der Waals surface area contributed by atoms with E-state index in [-0.39, 0.29) is 0 Å². The molecule has 0 spiro atoms. The van der Waals surface area contributed by atoms with E-state index < -0.39 is 0 Å². The maximum atomic E-state index is 4.50. The topological polar surface area (TPSA) is 69.7 Å². The van der Waals surface area contributed by atoms with Crippen LogP contribution in [0.5, 0.6) is 0 Å². The Balaban J connectivity index is 1.27. The number of likely N-dealkylation sites (tertiary alicyclic amines) is 1. The Morgan fingerprint density at radius 1 is 1.08 bits per heavy atom. The molecule has 0 amide bonds. The number of H-pyrrole nitrogens is 1. The number of pyridine rings is 2. The third kappa shape index (κ3) is 3.54. The molecule has 2 N–H and O–H groups in total. The fraction of sp³-hybridized carbons (Fsp3) is 0.389. The van der Waals surface area contributed by atoms with Crippen LogP contribution in [0.15, 0.2) is 42.7 Å². The van der Waals surface area contributed by atoms with Gasteiger partial charge in [0, 0.05) is 50.2 Å². The normalized spacial score (nSPS) is 16.5. The predicted octanol–water partition coefficient (Wildman–Crippen LogP) is 2.47. The molecular weight excluding hydrogens is 300 g/mol. The molecule has 3 aromatic heterocycles. The van der Waals surface area contributed by atoms with E-state index in [1.807, 2.05) is 24.4 Å². The Kier molecular flexibility index (Phi) is 4.38. The van der Waals surface area contributed by atoms with Crippen molar-refractivity contribution in [2.45, 2.75) is 25.3 Å². The Morgan fingerprint density at radius 3 is 2.75 bits per heavy atom. The van der Waals surface area contributed by atoms with E-state index in [1.165, 1.54) is 5.69 Å². The standard InChI is InChI=1S/C18H22N6/c1-2-9-19-14(4-1)6-11-24-12-7-15(8-13-24)21-18-22-16-5-3-10-20-17(16)23-18/h1-5,9-10,15H,6-8,11-13H2,(H2,20,21,22,23). The lowest BCUT2D eigenvalue weighted by atomic mass is 10.0. The van der Waals surface area contributed by atoms with Crippen LogP contribution < -0.4 is 5.32 Å². The third-order valence-corrected chi connectivity index (χ3v) is 4.60. The molecule has 6 heteroatoms. The van der Waals surface area contributed by atoms with Gasteiger partial charge in [-0.2, -0.15) is 4.98 Å². The molecule has 24 heavy (non-hydrogen) atoms. The van der Waals surface area contributed by atoms with Crippen molar-refractivity contribution >= 4 is 17.1 Å². The molecule has 1 saturated heterocycles. The fourth-order valence-electron chi connectivity index (χ4n) is 3.23. The van der Waals surface area contributed by atoms with Crippen molar-refractivity contribution in [3.8, 4) is 0 Å². The number of fused-ring (bicyclic) bond motifs is 1. The zero-order valence-corrected chi connectivity index (χ0v) is 13.7. The summed E-state index contributed by atoms with van der Waals surface area (Å²) in [5, 5.41) is 3.52. The van der Waals surface area contributed by atoms with Crippen LogP contribution in [-0.2, 0) is 6.42 Å². The highest BCUT2D eigenvalue weighted by molar-refractivity contribution is 5.72. The van der Waals surface area contributed by atoms with Crippen molar-refractivity contribution in [2.75, 3.05) is 25.0 Å². The molecule has 0 aliphatic carbocycles. The number of aromatic amines is 1. The second-order valence-corrected chi connectivity index (χ2v) is 6.29. The molecule has 0 atom stereocenters. The lowest BCUT2D eigenvalue weighted by molar-refractivity contribution is 0.220. The second kappa shape index (κ2) is 6.97. The molecule has 0 bridgehead atoms. The molecule has 1 aliphatic rings. The lowest BCUT2D eigenvalue weighted by Gasteiger charge is -2.32. The lowest BCUT2D eigenvalue weighted by Crippen LogP contribution is -2.40. The molecule has 124 valence electrons. The van der Waals surface area contributed by atoms with Crippen LogP contribution in [0.25, 0.3) is 11.2 Å². The molecule has 0 saturated carbocycles. The van der Waals surface area contributed by atoms with Crippen molar-refractivity contribution < 1.29 is 0 Å². The van der Waals surface area contributed by atoms with Gasteiger partial charge in [0.2, 0.25) is 5.95 Å². The first-order valence-corrected chi connectivity index (χ1v) is 8.56. The van der Waals surface area contributed by atoms with Crippen LogP contribution in [-0.4, -0.2) is 50.5 Å². The van der Waals surface area contributed by atoms with Crippen LogP contribution in [0.4, 0.5) is 5.95 Å². The molecule has 0 unspecified atom stereocenters. The minimum absolute atomic E-state index is 0.469. The fourth-order valence-corrected chi connectivity index (χ4v) is 3.23.